The fourth-order valence-corrected chi connectivity index (χ4v) is 3.22. The number of allylic oxidation sites excluding steroid dienone is 2. The summed E-state index contributed by atoms with van der Waals surface area (Å²) in [5, 5.41) is 1.61. The second-order valence-electron chi connectivity index (χ2n) is 5.59. The highest BCUT2D eigenvalue weighted by molar-refractivity contribution is 6.32. The Morgan fingerprint density at radius 1 is 0.636 bits per heavy atom. The molecule has 0 N–H and O–H groups in total. The zero-order valence-electron chi connectivity index (χ0n) is 12.4. The molecule has 0 spiro atoms. The lowest BCUT2D eigenvalue weighted by atomic mass is 9.87. The van der Waals surface area contributed by atoms with Gasteiger partial charge in [0.25, 0.3) is 0 Å². The van der Waals surface area contributed by atoms with Gasteiger partial charge in [-0.05, 0) is 72.2 Å². The van der Waals surface area contributed by atoms with Crippen LogP contribution in [0.5, 0.6) is 0 Å². The average molecular weight is 329 g/mol. The van der Waals surface area contributed by atoms with Crippen LogP contribution in [0.4, 0.5) is 0 Å². The molecule has 3 rings (SSSR count). The summed E-state index contributed by atoms with van der Waals surface area (Å²) in [4.78, 5) is 0. The molecule has 2 aromatic rings. The van der Waals surface area contributed by atoms with Crippen LogP contribution in [0, 0.1) is 0 Å². The van der Waals surface area contributed by atoms with Crippen LogP contribution in [0.3, 0.4) is 0 Å². The lowest BCUT2D eigenvalue weighted by molar-refractivity contribution is 0.685. The third kappa shape index (κ3) is 3.63. The molecule has 0 nitrogen and oxygen atoms in total. The van der Waals surface area contributed by atoms with E-state index in [1.807, 2.05) is 36.4 Å². The molecule has 2 aromatic carbocycles. The van der Waals surface area contributed by atoms with Crippen molar-refractivity contribution in [1.82, 2.24) is 0 Å². The first-order valence-corrected chi connectivity index (χ1v) is 8.40. The van der Waals surface area contributed by atoms with Gasteiger partial charge >= 0.3 is 0 Å². The van der Waals surface area contributed by atoms with E-state index in [1.54, 1.807) is 0 Å². The molecular weight excluding hydrogens is 311 g/mol. The molecule has 0 atom stereocenters. The van der Waals surface area contributed by atoms with Crippen molar-refractivity contribution in [3.8, 4) is 0 Å². The summed E-state index contributed by atoms with van der Waals surface area (Å²) in [6, 6.07) is 16.0. The normalized spacial score (nSPS) is 18.8. The van der Waals surface area contributed by atoms with Crippen molar-refractivity contribution in [3.63, 3.8) is 0 Å². The van der Waals surface area contributed by atoms with Gasteiger partial charge in [-0.15, -0.1) is 0 Å². The average Bonchev–Trinajstić information content (AvgIpc) is 2.53. The summed E-state index contributed by atoms with van der Waals surface area (Å²) in [7, 11) is 0. The van der Waals surface area contributed by atoms with E-state index in [0.717, 1.165) is 34.0 Å². The van der Waals surface area contributed by atoms with Crippen LogP contribution in [0.2, 0.25) is 10.0 Å². The van der Waals surface area contributed by atoms with Gasteiger partial charge in [0, 0.05) is 10.0 Å². The molecule has 0 radical (unpaired) electrons. The Labute approximate surface area is 142 Å². The van der Waals surface area contributed by atoms with Crippen LogP contribution in [0.15, 0.2) is 59.7 Å². The Morgan fingerprint density at radius 3 is 1.45 bits per heavy atom. The van der Waals surface area contributed by atoms with Gasteiger partial charge in [-0.1, -0.05) is 59.6 Å². The lowest BCUT2D eigenvalue weighted by Crippen LogP contribution is -1.99. The molecule has 0 unspecified atom stereocenters. The molecule has 1 aliphatic carbocycles. The summed E-state index contributed by atoms with van der Waals surface area (Å²) >= 11 is 12.6. The number of hydrogen-bond donors (Lipinski definition) is 0. The Morgan fingerprint density at radius 2 is 1.05 bits per heavy atom. The maximum absolute atomic E-state index is 6.29. The molecule has 1 fully saturated rings. The fourth-order valence-electron chi connectivity index (χ4n) is 2.84. The quantitative estimate of drug-likeness (QED) is 0.554. The topological polar surface area (TPSA) is 0 Å². The highest BCUT2D eigenvalue weighted by Gasteiger charge is 2.13. The molecule has 1 saturated carbocycles. The largest absolute Gasteiger partial charge is 0.0837 e. The van der Waals surface area contributed by atoms with Gasteiger partial charge in [-0.3, -0.25) is 0 Å². The first kappa shape index (κ1) is 15.4. The predicted octanol–water partition coefficient (Wildman–Crippen LogP) is 7.03. The van der Waals surface area contributed by atoms with Crippen molar-refractivity contribution in [2.24, 2.45) is 0 Å². The zero-order valence-corrected chi connectivity index (χ0v) is 13.9. The van der Waals surface area contributed by atoms with Crippen LogP contribution in [-0.2, 0) is 0 Å². The molecule has 112 valence electrons. The molecule has 1 aliphatic rings. The van der Waals surface area contributed by atoms with Crippen molar-refractivity contribution in [2.75, 3.05) is 0 Å². The minimum Gasteiger partial charge on any atom is -0.0837 e. The smallest absolute Gasteiger partial charge is 0.0478 e. The summed E-state index contributed by atoms with van der Waals surface area (Å²) in [6.45, 7) is 0. The SMILES string of the molecule is Clc1ccccc1C=C1CCCCC1=Cc1ccccc1Cl. The van der Waals surface area contributed by atoms with E-state index in [9.17, 15) is 0 Å². The number of rotatable bonds is 2. The Kier molecular flexibility index (Phi) is 5.02. The molecule has 2 heteroatoms. The lowest BCUT2D eigenvalue weighted by Gasteiger charge is -2.19. The third-order valence-corrected chi connectivity index (χ3v) is 4.71. The van der Waals surface area contributed by atoms with Gasteiger partial charge in [0.05, 0.1) is 0 Å². The van der Waals surface area contributed by atoms with Crippen LogP contribution in [0.1, 0.15) is 36.8 Å². The molecule has 0 bridgehead atoms. The minimum absolute atomic E-state index is 0.803. The van der Waals surface area contributed by atoms with Gasteiger partial charge in [-0.25, -0.2) is 0 Å². The summed E-state index contributed by atoms with van der Waals surface area (Å²) < 4.78 is 0. The molecule has 22 heavy (non-hydrogen) atoms. The van der Waals surface area contributed by atoms with E-state index in [1.165, 1.54) is 24.0 Å². The van der Waals surface area contributed by atoms with E-state index in [0.29, 0.717) is 0 Å². The van der Waals surface area contributed by atoms with Gasteiger partial charge in [-0.2, -0.15) is 0 Å². The van der Waals surface area contributed by atoms with Crippen LogP contribution in [0.25, 0.3) is 12.2 Å². The standard InChI is InChI=1S/C20H18Cl2/c21-19-11-5-3-9-17(19)13-15-7-1-2-8-16(15)14-18-10-4-6-12-20(18)22/h3-6,9-14H,1-2,7-8H2. The predicted molar refractivity (Wildman–Crippen MR) is 97.3 cm³/mol. The van der Waals surface area contributed by atoms with E-state index < -0.39 is 0 Å². The molecule has 0 aromatic heterocycles. The molecule has 0 saturated heterocycles. The highest BCUT2D eigenvalue weighted by atomic mass is 35.5. The Hall–Kier alpha value is -1.50. The molecule has 0 aliphatic heterocycles. The zero-order chi connectivity index (χ0) is 15.4. The molecule has 0 heterocycles. The van der Waals surface area contributed by atoms with Crippen molar-refractivity contribution in [3.05, 3.63) is 80.8 Å². The van der Waals surface area contributed by atoms with Crippen molar-refractivity contribution in [2.45, 2.75) is 25.7 Å². The second-order valence-corrected chi connectivity index (χ2v) is 6.40. The van der Waals surface area contributed by atoms with E-state index in [4.69, 9.17) is 23.2 Å². The Bertz CT molecular complexity index is 662. The summed E-state index contributed by atoms with van der Waals surface area (Å²) in [5.74, 6) is 0. The molecule has 0 amide bonds. The van der Waals surface area contributed by atoms with Gasteiger partial charge in [0.1, 0.15) is 0 Å². The van der Waals surface area contributed by atoms with E-state index in [-0.39, 0.29) is 0 Å². The minimum atomic E-state index is 0.803. The van der Waals surface area contributed by atoms with E-state index in [2.05, 4.69) is 24.3 Å². The monoisotopic (exact) mass is 328 g/mol. The van der Waals surface area contributed by atoms with E-state index >= 15 is 0 Å². The van der Waals surface area contributed by atoms with Gasteiger partial charge in [0.2, 0.25) is 0 Å². The third-order valence-electron chi connectivity index (χ3n) is 4.02. The van der Waals surface area contributed by atoms with Crippen molar-refractivity contribution < 1.29 is 0 Å². The maximum atomic E-state index is 6.29. The van der Waals surface area contributed by atoms with Crippen LogP contribution < -0.4 is 0 Å². The Balaban J connectivity index is 1.99. The number of benzene rings is 2. The summed E-state index contributed by atoms with van der Waals surface area (Å²) in [5.41, 5.74) is 4.93. The van der Waals surface area contributed by atoms with Crippen molar-refractivity contribution >= 4 is 35.4 Å². The fraction of sp³-hybridized carbons (Fsp3) is 0.200. The van der Waals surface area contributed by atoms with Gasteiger partial charge < -0.3 is 0 Å². The van der Waals surface area contributed by atoms with Crippen molar-refractivity contribution in [1.29, 1.82) is 0 Å². The van der Waals surface area contributed by atoms with Crippen LogP contribution in [-0.4, -0.2) is 0 Å². The summed E-state index contributed by atoms with van der Waals surface area (Å²) in [6.07, 6.45) is 9.11. The van der Waals surface area contributed by atoms with Crippen LogP contribution >= 0.6 is 23.2 Å². The number of halogens is 2. The van der Waals surface area contributed by atoms with Gasteiger partial charge in [0.15, 0.2) is 0 Å². The first-order chi connectivity index (χ1) is 10.7. The number of hydrogen-bond acceptors (Lipinski definition) is 0. The maximum Gasteiger partial charge on any atom is 0.0478 e. The second kappa shape index (κ2) is 7.17. The first-order valence-electron chi connectivity index (χ1n) is 7.64. The molecular formula is C20H18Cl2. The highest BCUT2D eigenvalue weighted by Crippen LogP contribution is 2.34.